The van der Waals surface area contributed by atoms with Crippen LogP contribution < -0.4 is 5.73 Å². The molecule has 0 aliphatic carbocycles. The number of nitrogens with zero attached hydrogens (tertiary/aromatic N) is 2. The van der Waals surface area contributed by atoms with E-state index in [-0.39, 0.29) is 6.10 Å². The number of hydrogen-bond donors (Lipinski definition) is 1. The van der Waals surface area contributed by atoms with Crippen molar-refractivity contribution in [1.29, 1.82) is 0 Å². The molecule has 1 fully saturated rings. The van der Waals surface area contributed by atoms with Crippen molar-refractivity contribution in [3.8, 4) is 0 Å². The number of aryl methyl sites for hydroxylation is 2. The summed E-state index contributed by atoms with van der Waals surface area (Å²) >= 11 is 0. The molecule has 1 aromatic heterocycles. The Morgan fingerprint density at radius 3 is 2.32 bits per heavy atom. The molecule has 19 heavy (non-hydrogen) atoms. The summed E-state index contributed by atoms with van der Waals surface area (Å²) in [5, 5.41) is 0. The molecule has 2 rings (SSSR count). The first kappa shape index (κ1) is 14.4. The number of rotatable bonds is 5. The van der Waals surface area contributed by atoms with Crippen molar-refractivity contribution in [2.45, 2.75) is 39.2 Å². The van der Waals surface area contributed by atoms with Crippen LogP contribution in [0.25, 0.3) is 0 Å². The van der Waals surface area contributed by atoms with Gasteiger partial charge in [-0.05, 0) is 31.4 Å². The molecule has 106 valence electrons. The summed E-state index contributed by atoms with van der Waals surface area (Å²) in [5.41, 5.74) is 9.10. The van der Waals surface area contributed by atoms with Gasteiger partial charge >= 0.3 is 0 Å². The van der Waals surface area contributed by atoms with Crippen molar-refractivity contribution in [1.82, 2.24) is 9.97 Å². The molecular weight excluding hydrogens is 242 g/mol. The first-order chi connectivity index (χ1) is 9.30. The molecular formula is C14H23N3O2. The highest BCUT2D eigenvalue weighted by Crippen LogP contribution is 2.21. The summed E-state index contributed by atoms with van der Waals surface area (Å²) in [6.45, 7) is 6.67. The van der Waals surface area contributed by atoms with Gasteiger partial charge in [-0.2, -0.15) is 0 Å². The van der Waals surface area contributed by atoms with E-state index in [2.05, 4.69) is 23.8 Å². The summed E-state index contributed by atoms with van der Waals surface area (Å²) in [6.07, 6.45) is 2.50. The topological polar surface area (TPSA) is 70.3 Å². The van der Waals surface area contributed by atoms with E-state index in [9.17, 15) is 0 Å². The molecule has 5 nitrogen and oxygen atoms in total. The van der Waals surface area contributed by atoms with Crippen LogP contribution >= 0.6 is 0 Å². The van der Waals surface area contributed by atoms with Crippen LogP contribution in [0.1, 0.15) is 42.7 Å². The fourth-order valence-corrected chi connectivity index (χ4v) is 2.40. The van der Waals surface area contributed by atoms with Gasteiger partial charge in [-0.3, -0.25) is 0 Å². The van der Waals surface area contributed by atoms with Crippen LogP contribution in [0.5, 0.6) is 0 Å². The Kier molecular flexibility index (Phi) is 5.24. The third-order valence-electron chi connectivity index (χ3n) is 3.36. The second-order valence-electron chi connectivity index (χ2n) is 4.63. The second-order valence-corrected chi connectivity index (χ2v) is 4.63. The predicted molar refractivity (Wildman–Crippen MR) is 73.1 cm³/mol. The summed E-state index contributed by atoms with van der Waals surface area (Å²) in [6, 6.07) is 0. The van der Waals surface area contributed by atoms with E-state index < -0.39 is 0 Å². The average molecular weight is 265 g/mol. The van der Waals surface area contributed by atoms with Crippen LogP contribution in [-0.4, -0.2) is 36.3 Å². The van der Waals surface area contributed by atoms with E-state index in [4.69, 9.17) is 15.2 Å². The van der Waals surface area contributed by atoms with Crippen LogP contribution in [0.3, 0.4) is 0 Å². The van der Waals surface area contributed by atoms with Crippen molar-refractivity contribution in [3.05, 3.63) is 22.8 Å². The zero-order valence-corrected chi connectivity index (χ0v) is 11.8. The molecule has 5 heteroatoms. The lowest BCUT2D eigenvalue weighted by atomic mass is 10.0. The maximum Gasteiger partial charge on any atom is 0.160 e. The minimum absolute atomic E-state index is 0.128. The van der Waals surface area contributed by atoms with Gasteiger partial charge in [0, 0.05) is 11.4 Å². The van der Waals surface area contributed by atoms with E-state index in [1.807, 2.05) is 0 Å². The molecule has 0 aromatic carbocycles. The maximum atomic E-state index is 5.69. The Morgan fingerprint density at radius 1 is 1.16 bits per heavy atom. The zero-order chi connectivity index (χ0) is 13.7. The van der Waals surface area contributed by atoms with Gasteiger partial charge in [0.15, 0.2) is 5.82 Å². The molecule has 0 bridgehead atoms. The van der Waals surface area contributed by atoms with Crippen molar-refractivity contribution in [2.24, 2.45) is 5.73 Å². The number of hydrogen-bond acceptors (Lipinski definition) is 5. The molecule has 1 atom stereocenters. The molecule has 1 saturated heterocycles. The van der Waals surface area contributed by atoms with E-state index in [1.165, 1.54) is 5.56 Å². The molecule has 0 amide bonds. The number of aromatic nitrogens is 2. The van der Waals surface area contributed by atoms with Gasteiger partial charge in [0.2, 0.25) is 0 Å². The standard InChI is InChI=1S/C14H23N3O2/c1-3-11-10(5-6-15)12(4-2)17-14(16-11)13-9-18-7-8-19-13/h13H,3-9,15H2,1-2H3. The number of ether oxygens (including phenoxy) is 2. The normalized spacial score (nSPS) is 19.6. The van der Waals surface area contributed by atoms with Crippen LogP contribution in [0.15, 0.2) is 0 Å². The van der Waals surface area contributed by atoms with Crippen molar-refractivity contribution < 1.29 is 9.47 Å². The van der Waals surface area contributed by atoms with Crippen molar-refractivity contribution in [3.63, 3.8) is 0 Å². The SMILES string of the molecule is CCc1nc(C2COCCO2)nc(CC)c1CCN. The lowest BCUT2D eigenvalue weighted by molar-refractivity contribution is -0.0936. The Hall–Kier alpha value is -1.04. The highest BCUT2D eigenvalue weighted by Gasteiger charge is 2.22. The fourth-order valence-electron chi connectivity index (χ4n) is 2.40. The summed E-state index contributed by atoms with van der Waals surface area (Å²) in [4.78, 5) is 9.34. The molecule has 1 aliphatic rings. The molecule has 0 saturated carbocycles. The fraction of sp³-hybridized carbons (Fsp3) is 0.714. The Labute approximate surface area is 114 Å². The third kappa shape index (κ3) is 3.29. The Morgan fingerprint density at radius 2 is 1.84 bits per heavy atom. The average Bonchev–Trinajstić information content (AvgIpc) is 2.48. The van der Waals surface area contributed by atoms with Gasteiger partial charge in [0.25, 0.3) is 0 Å². The highest BCUT2D eigenvalue weighted by atomic mass is 16.6. The van der Waals surface area contributed by atoms with E-state index in [1.54, 1.807) is 0 Å². The molecule has 2 heterocycles. The lowest BCUT2D eigenvalue weighted by Crippen LogP contribution is -2.25. The highest BCUT2D eigenvalue weighted by molar-refractivity contribution is 5.27. The van der Waals surface area contributed by atoms with E-state index in [0.29, 0.717) is 26.4 Å². The molecule has 2 N–H and O–H groups in total. The van der Waals surface area contributed by atoms with Gasteiger partial charge in [-0.25, -0.2) is 9.97 Å². The van der Waals surface area contributed by atoms with Crippen LogP contribution in [-0.2, 0) is 28.7 Å². The predicted octanol–water partition coefficient (Wildman–Crippen LogP) is 1.19. The largest absolute Gasteiger partial charge is 0.376 e. The van der Waals surface area contributed by atoms with Gasteiger partial charge in [-0.15, -0.1) is 0 Å². The third-order valence-corrected chi connectivity index (χ3v) is 3.36. The van der Waals surface area contributed by atoms with Gasteiger partial charge in [-0.1, -0.05) is 13.8 Å². The summed E-state index contributed by atoms with van der Waals surface area (Å²) < 4.78 is 11.1. The van der Waals surface area contributed by atoms with Crippen molar-refractivity contribution in [2.75, 3.05) is 26.4 Å². The summed E-state index contributed by atoms with van der Waals surface area (Å²) in [5.74, 6) is 0.758. The minimum atomic E-state index is -0.128. The zero-order valence-electron chi connectivity index (χ0n) is 11.8. The number of nitrogens with two attached hydrogens (primary N) is 1. The summed E-state index contributed by atoms with van der Waals surface area (Å²) in [7, 11) is 0. The maximum absolute atomic E-state index is 5.69. The lowest BCUT2D eigenvalue weighted by Gasteiger charge is -2.23. The molecule has 1 aliphatic heterocycles. The molecule has 1 unspecified atom stereocenters. The van der Waals surface area contributed by atoms with Gasteiger partial charge in [0.1, 0.15) is 6.10 Å². The molecule has 0 spiro atoms. The van der Waals surface area contributed by atoms with E-state index in [0.717, 1.165) is 36.5 Å². The Balaban J connectivity index is 2.34. The quantitative estimate of drug-likeness (QED) is 0.866. The van der Waals surface area contributed by atoms with Gasteiger partial charge in [0.05, 0.1) is 19.8 Å². The van der Waals surface area contributed by atoms with Crippen LogP contribution in [0.4, 0.5) is 0 Å². The van der Waals surface area contributed by atoms with E-state index >= 15 is 0 Å². The molecule has 1 aromatic rings. The van der Waals surface area contributed by atoms with Crippen LogP contribution in [0.2, 0.25) is 0 Å². The second kappa shape index (κ2) is 6.93. The van der Waals surface area contributed by atoms with Gasteiger partial charge < -0.3 is 15.2 Å². The smallest absolute Gasteiger partial charge is 0.160 e. The van der Waals surface area contributed by atoms with Crippen molar-refractivity contribution >= 4 is 0 Å². The minimum Gasteiger partial charge on any atom is -0.376 e. The Bertz CT molecular complexity index is 392. The van der Waals surface area contributed by atoms with Crippen LogP contribution in [0, 0.1) is 0 Å². The molecule has 0 radical (unpaired) electrons. The monoisotopic (exact) mass is 265 g/mol. The first-order valence-electron chi connectivity index (χ1n) is 7.08. The first-order valence-corrected chi connectivity index (χ1v) is 7.08.